The molecule has 3 aromatic carbocycles. The van der Waals surface area contributed by atoms with Crippen molar-refractivity contribution >= 4 is 55.7 Å². The highest BCUT2D eigenvalue weighted by Crippen LogP contribution is 2.35. The number of carbonyl (C=O) groups is 2. The molecule has 2 amide bonds. The van der Waals surface area contributed by atoms with Gasteiger partial charge in [-0.05, 0) is 59.3 Å². The lowest BCUT2D eigenvalue weighted by Gasteiger charge is -2.12. The van der Waals surface area contributed by atoms with E-state index in [0.717, 1.165) is 38.1 Å². The summed E-state index contributed by atoms with van der Waals surface area (Å²) in [5, 5.41) is 2.08. The van der Waals surface area contributed by atoms with Crippen molar-refractivity contribution in [1.29, 1.82) is 0 Å². The van der Waals surface area contributed by atoms with Crippen molar-refractivity contribution in [2.75, 3.05) is 6.54 Å². The van der Waals surface area contributed by atoms with Crippen LogP contribution in [0, 0.1) is 0 Å². The number of benzene rings is 3. The Labute approximate surface area is 181 Å². The Hall–Kier alpha value is -2.57. The van der Waals surface area contributed by atoms with Crippen LogP contribution in [0.2, 0.25) is 0 Å². The van der Waals surface area contributed by atoms with Crippen molar-refractivity contribution in [1.82, 2.24) is 4.90 Å². The van der Waals surface area contributed by atoms with E-state index in [1.807, 2.05) is 42.5 Å². The zero-order valence-corrected chi connectivity index (χ0v) is 18.1. The maximum Gasteiger partial charge on any atom is 0.293 e. The van der Waals surface area contributed by atoms with Gasteiger partial charge in [0, 0.05) is 16.6 Å². The Bertz CT molecular complexity index is 1140. The quantitative estimate of drug-likeness (QED) is 0.416. The van der Waals surface area contributed by atoms with Gasteiger partial charge in [0.2, 0.25) is 0 Å². The van der Waals surface area contributed by atoms with Crippen LogP contribution in [0.25, 0.3) is 16.8 Å². The lowest BCUT2D eigenvalue weighted by molar-refractivity contribution is -0.122. The number of hydrogen-bond acceptors (Lipinski definition) is 4. The molecule has 1 saturated heterocycles. The average molecular weight is 468 g/mol. The highest BCUT2D eigenvalue weighted by Gasteiger charge is 2.33. The summed E-state index contributed by atoms with van der Waals surface area (Å²) in [6.07, 6.45) is 1.73. The second kappa shape index (κ2) is 8.43. The number of likely N-dealkylation sites (N-methyl/N-ethyl adjacent to an activating group) is 1. The number of halogens is 1. The molecule has 4 nitrogen and oxygen atoms in total. The van der Waals surface area contributed by atoms with Crippen LogP contribution < -0.4 is 4.74 Å². The van der Waals surface area contributed by atoms with E-state index in [1.54, 1.807) is 13.0 Å². The van der Waals surface area contributed by atoms with E-state index in [0.29, 0.717) is 23.8 Å². The molecule has 0 spiro atoms. The molecule has 0 bridgehead atoms. The fourth-order valence-corrected chi connectivity index (χ4v) is 4.52. The van der Waals surface area contributed by atoms with Crippen LogP contribution in [0.3, 0.4) is 0 Å². The molecule has 6 heteroatoms. The van der Waals surface area contributed by atoms with Crippen molar-refractivity contribution in [3.8, 4) is 5.75 Å². The standard InChI is InChI=1S/C23H18BrNO3S/c1-2-25-22(26)21(29-23(25)27)13-17-12-18(24)10-11-20(17)28-14-16-8-5-7-15-6-3-4-9-19(15)16/h3-13H,2,14H2,1H3/b21-13+. The predicted molar refractivity (Wildman–Crippen MR) is 121 cm³/mol. The number of amides is 2. The molecular weight excluding hydrogens is 450 g/mol. The SMILES string of the molecule is CCN1C(=O)S/C(=C/c2cc(Br)ccc2OCc2cccc3ccccc23)C1=O. The molecule has 4 rings (SSSR count). The van der Waals surface area contributed by atoms with E-state index in [2.05, 4.69) is 34.1 Å². The molecule has 1 aliphatic rings. The van der Waals surface area contributed by atoms with Crippen LogP contribution in [0.1, 0.15) is 18.1 Å². The molecule has 0 aliphatic carbocycles. The summed E-state index contributed by atoms with van der Waals surface area (Å²) in [4.78, 5) is 26.1. The normalized spacial score (nSPS) is 15.5. The largest absolute Gasteiger partial charge is 0.488 e. The molecule has 1 fully saturated rings. The van der Waals surface area contributed by atoms with E-state index in [9.17, 15) is 9.59 Å². The summed E-state index contributed by atoms with van der Waals surface area (Å²) in [6.45, 7) is 2.56. The second-order valence-corrected chi connectivity index (χ2v) is 8.44. The zero-order valence-electron chi connectivity index (χ0n) is 15.7. The predicted octanol–water partition coefficient (Wildman–Crippen LogP) is 6.24. The lowest BCUT2D eigenvalue weighted by Crippen LogP contribution is -2.27. The van der Waals surface area contributed by atoms with Crippen LogP contribution in [0.5, 0.6) is 5.75 Å². The van der Waals surface area contributed by atoms with Crippen molar-refractivity contribution in [3.63, 3.8) is 0 Å². The molecule has 0 radical (unpaired) electrons. The highest BCUT2D eigenvalue weighted by atomic mass is 79.9. The third-order valence-electron chi connectivity index (χ3n) is 4.71. The molecule has 1 heterocycles. The Morgan fingerprint density at radius 1 is 1.07 bits per heavy atom. The van der Waals surface area contributed by atoms with Crippen LogP contribution in [-0.2, 0) is 11.4 Å². The summed E-state index contributed by atoms with van der Waals surface area (Å²) in [5.74, 6) is 0.395. The first-order valence-corrected chi connectivity index (χ1v) is 10.8. The minimum atomic E-state index is -0.262. The van der Waals surface area contributed by atoms with Crippen LogP contribution in [-0.4, -0.2) is 22.6 Å². The third kappa shape index (κ3) is 4.09. The van der Waals surface area contributed by atoms with Crippen molar-refractivity contribution < 1.29 is 14.3 Å². The Morgan fingerprint density at radius 2 is 1.86 bits per heavy atom. The molecule has 0 saturated carbocycles. The number of imide groups is 1. The first-order chi connectivity index (χ1) is 14.1. The molecule has 1 aliphatic heterocycles. The van der Waals surface area contributed by atoms with E-state index in [1.165, 1.54) is 4.90 Å². The van der Waals surface area contributed by atoms with Gasteiger partial charge in [-0.2, -0.15) is 0 Å². The maximum absolute atomic E-state index is 12.4. The number of rotatable bonds is 5. The molecule has 29 heavy (non-hydrogen) atoms. The van der Waals surface area contributed by atoms with Gasteiger partial charge in [0.25, 0.3) is 11.1 Å². The fourth-order valence-electron chi connectivity index (χ4n) is 3.25. The van der Waals surface area contributed by atoms with Gasteiger partial charge in [-0.1, -0.05) is 58.4 Å². The number of thioether (sulfide) groups is 1. The summed E-state index contributed by atoms with van der Waals surface area (Å²) in [7, 11) is 0. The Balaban J connectivity index is 1.63. The summed E-state index contributed by atoms with van der Waals surface area (Å²) < 4.78 is 7.00. The van der Waals surface area contributed by atoms with Crippen LogP contribution >= 0.6 is 27.7 Å². The second-order valence-electron chi connectivity index (χ2n) is 6.54. The molecule has 0 unspecified atom stereocenters. The summed E-state index contributed by atoms with van der Waals surface area (Å²) >= 11 is 4.43. The van der Waals surface area contributed by atoms with Gasteiger partial charge < -0.3 is 4.74 Å². The van der Waals surface area contributed by atoms with Crippen molar-refractivity contribution in [2.24, 2.45) is 0 Å². The molecule has 0 N–H and O–H groups in total. The first kappa shape index (κ1) is 19.7. The number of ether oxygens (including phenoxy) is 1. The summed E-state index contributed by atoms with van der Waals surface area (Å²) in [6, 6.07) is 20.0. The smallest absolute Gasteiger partial charge is 0.293 e. The summed E-state index contributed by atoms with van der Waals surface area (Å²) in [5.41, 5.74) is 1.84. The van der Waals surface area contributed by atoms with Gasteiger partial charge in [0.15, 0.2) is 0 Å². The highest BCUT2D eigenvalue weighted by molar-refractivity contribution is 9.10. The number of hydrogen-bond donors (Lipinski definition) is 0. The lowest BCUT2D eigenvalue weighted by atomic mass is 10.1. The minimum Gasteiger partial charge on any atom is -0.488 e. The third-order valence-corrected chi connectivity index (χ3v) is 6.11. The molecular formula is C23H18BrNO3S. The van der Waals surface area contributed by atoms with Crippen molar-refractivity contribution in [2.45, 2.75) is 13.5 Å². The average Bonchev–Trinajstić information content (AvgIpc) is 2.99. The number of carbonyl (C=O) groups excluding carboxylic acids is 2. The first-order valence-electron chi connectivity index (χ1n) is 9.21. The Kier molecular flexibility index (Phi) is 5.74. The van der Waals surface area contributed by atoms with Gasteiger partial charge in [0.05, 0.1) is 4.91 Å². The zero-order chi connectivity index (χ0) is 20.4. The molecule has 0 aromatic heterocycles. The molecule has 0 atom stereocenters. The van der Waals surface area contributed by atoms with E-state index >= 15 is 0 Å². The number of fused-ring (bicyclic) bond motifs is 1. The van der Waals surface area contributed by atoms with Gasteiger partial charge in [0.1, 0.15) is 12.4 Å². The van der Waals surface area contributed by atoms with Gasteiger partial charge in [-0.15, -0.1) is 0 Å². The van der Waals surface area contributed by atoms with E-state index in [4.69, 9.17) is 4.74 Å². The maximum atomic E-state index is 12.4. The van der Waals surface area contributed by atoms with Gasteiger partial charge in [-0.25, -0.2) is 0 Å². The topological polar surface area (TPSA) is 46.6 Å². The van der Waals surface area contributed by atoms with Crippen LogP contribution in [0.15, 0.2) is 70.0 Å². The van der Waals surface area contributed by atoms with Crippen LogP contribution in [0.4, 0.5) is 4.79 Å². The Morgan fingerprint density at radius 3 is 2.66 bits per heavy atom. The van der Waals surface area contributed by atoms with Crippen molar-refractivity contribution in [3.05, 3.63) is 81.2 Å². The molecule has 3 aromatic rings. The minimum absolute atomic E-state index is 0.239. The monoisotopic (exact) mass is 467 g/mol. The fraction of sp³-hybridized carbons (Fsp3) is 0.130. The molecule has 146 valence electrons. The van der Waals surface area contributed by atoms with E-state index < -0.39 is 0 Å². The number of nitrogens with zero attached hydrogens (tertiary/aromatic N) is 1. The van der Waals surface area contributed by atoms with Gasteiger partial charge >= 0.3 is 0 Å². The van der Waals surface area contributed by atoms with Gasteiger partial charge in [-0.3, -0.25) is 14.5 Å². The van der Waals surface area contributed by atoms with E-state index in [-0.39, 0.29) is 11.1 Å².